The second-order valence-electron chi connectivity index (χ2n) is 4.07. The molecule has 98 valence electrons. The molecule has 17 heavy (non-hydrogen) atoms. The van der Waals surface area contributed by atoms with Crippen molar-refractivity contribution in [3.63, 3.8) is 0 Å². The molecule has 1 aromatic rings. The van der Waals surface area contributed by atoms with Crippen molar-refractivity contribution in [1.82, 2.24) is 20.1 Å². The maximum atomic E-state index is 5.38. The number of likely N-dealkylation sites (N-methyl/N-ethyl adjacent to an activating group) is 1. The third-order valence-electron chi connectivity index (χ3n) is 2.78. The van der Waals surface area contributed by atoms with E-state index in [1.165, 1.54) is 0 Å². The fraction of sp³-hybridized carbons (Fsp3) is 0.833. The lowest BCUT2D eigenvalue weighted by Gasteiger charge is -2.15. The van der Waals surface area contributed by atoms with Crippen LogP contribution in [0.2, 0.25) is 0 Å². The fourth-order valence-electron chi connectivity index (χ4n) is 1.78. The van der Waals surface area contributed by atoms with Gasteiger partial charge >= 0.3 is 0 Å². The molecule has 0 amide bonds. The number of nitrogens with one attached hydrogen (secondary N) is 1. The van der Waals surface area contributed by atoms with E-state index in [0.717, 1.165) is 44.8 Å². The second-order valence-corrected chi connectivity index (χ2v) is 4.07. The van der Waals surface area contributed by atoms with Crippen molar-refractivity contribution < 1.29 is 4.74 Å². The average Bonchev–Trinajstić information content (AvgIpc) is 2.76. The number of hydrogen-bond donors (Lipinski definition) is 1. The van der Waals surface area contributed by atoms with Gasteiger partial charge in [0, 0.05) is 32.2 Å². The van der Waals surface area contributed by atoms with Gasteiger partial charge < -0.3 is 10.1 Å². The van der Waals surface area contributed by atoms with Gasteiger partial charge in [0.05, 0.1) is 0 Å². The van der Waals surface area contributed by atoms with Crippen molar-refractivity contribution in [1.29, 1.82) is 0 Å². The first kappa shape index (κ1) is 14.1. The van der Waals surface area contributed by atoms with Gasteiger partial charge in [0.15, 0.2) is 0 Å². The maximum absolute atomic E-state index is 5.38. The first-order valence-corrected chi connectivity index (χ1v) is 6.43. The molecule has 0 aliphatic heterocycles. The zero-order valence-corrected chi connectivity index (χ0v) is 11.1. The summed E-state index contributed by atoms with van der Waals surface area (Å²) >= 11 is 0. The minimum absolute atomic E-state index is 0.404. The van der Waals surface area contributed by atoms with Gasteiger partial charge in [-0.3, -0.25) is 4.68 Å². The Kier molecular flexibility index (Phi) is 6.81. The van der Waals surface area contributed by atoms with Gasteiger partial charge in [0.2, 0.25) is 0 Å². The number of ether oxygens (including phenoxy) is 1. The Morgan fingerprint density at radius 3 is 2.94 bits per heavy atom. The summed E-state index contributed by atoms with van der Waals surface area (Å²) in [5.41, 5.74) is 0. The molecule has 5 nitrogen and oxygen atoms in total. The Bertz CT molecular complexity index is 300. The molecule has 0 saturated carbocycles. The zero-order chi connectivity index (χ0) is 12.5. The number of aromatic nitrogens is 3. The quantitative estimate of drug-likeness (QED) is 0.660. The van der Waals surface area contributed by atoms with Gasteiger partial charge in [-0.2, -0.15) is 5.10 Å². The normalized spacial score (nSPS) is 12.9. The van der Waals surface area contributed by atoms with Crippen molar-refractivity contribution >= 4 is 0 Å². The van der Waals surface area contributed by atoms with Crippen LogP contribution in [0.1, 0.15) is 32.5 Å². The second kappa shape index (κ2) is 8.20. The Morgan fingerprint density at radius 1 is 1.47 bits per heavy atom. The van der Waals surface area contributed by atoms with Crippen LogP contribution in [-0.2, 0) is 17.7 Å². The number of nitrogens with zero attached hydrogens (tertiary/aromatic N) is 3. The molecule has 1 aromatic heterocycles. The molecule has 1 heterocycles. The van der Waals surface area contributed by atoms with Gasteiger partial charge in [-0.1, -0.05) is 6.92 Å². The summed E-state index contributed by atoms with van der Waals surface area (Å²) in [7, 11) is 1.98. The number of aryl methyl sites for hydroxylation is 1. The molecule has 0 bridgehead atoms. The molecule has 0 saturated heterocycles. The van der Waals surface area contributed by atoms with Crippen molar-refractivity contribution in [2.45, 2.75) is 45.7 Å². The Labute approximate surface area is 104 Å². The molecule has 1 N–H and O–H groups in total. The molecule has 0 aromatic carbocycles. The highest BCUT2D eigenvalue weighted by Gasteiger charge is 2.11. The van der Waals surface area contributed by atoms with Gasteiger partial charge in [-0.15, -0.1) is 0 Å². The summed E-state index contributed by atoms with van der Waals surface area (Å²) in [5, 5.41) is 7.54. The van der Waals surface area contributed by atoms with E-state index in [1.54, 1.807) is 6.33 Å². The van der Waals surface area contributed by atoms with Crippen molar-refractivity contribution in [2.24, 2.45) is 0 Å². The van der Waals surface area contributed by atoms with Crippen molar-refractivity contribution in [3.8, 4) is 0 Å². The Hall–Kier alpha value is -0.940. The molecular weight excluding hydrogens is 216 g/mol. The molecule has 0 spiro atoms. The lowest BCUT2D eigenvalue weighted by atomic mass is 10.1. The molecule has 0 aliphatic rings. The van der Waals surface area contributed by atoms with Gasteiger partial charge in [-0.25, -0.2) is 4.98 Å². The third-order valence-corrected chi connectivity index (χ3v) is 2.78. The van der Waals surface area contributed by atoms with Crippen LogP contribution in [0.4, 0.5) is 0 Å². The van der Waals surface area contributed by atoms with Crippen molar-refractivity contribution in [3.05, 3.63) is 12.2 Å². The molecule has 0 radical (unpaired) electrons. The van der Waals surface area contributed by atoms with E-state index in [0.29, 0.717) is 6.04 Å². The molecule has 0 fully saturated rings. The minimum Gasteiger partial charge on any atom is -0.382 e. The summed E-state index contributed by atoms with van der Waals surface area (Å²) in [6.45, 7) is 6.69. The SMILES string of the molecule is CCCn1ncnc1CC(CCOCC)NC. The van der Waals surface area contributed by atoms with E-state index >= 15 is 0 Å². The van der Waals surface area contributed by atoms with E-state index in [-0.39, 0.29) is 0 Å². The molecule has 0 aliphatic carbocycles. The first-order valence-electron chi connectivity index (χ1n) is 6.43. The topological polar surface area (TPSA) is 52.0 Å². The first-order chi connectivity index (χ1) is 8.31. The van der Waals surface area contributed by atoms with Crippen molar-refractivity contribution in [2.75, 3.05) is 20.3 Å². The zero-order valence-electron chi connectivity index (χ0n) is 11.1. The van der Waals surface area contributed by atoms with Crippen LogP contribution in [-0.4, -0.2) is 41.1 Å². The highest BCUT2D eigenvalue weighted by atomic mass is 16.5. The minimum atomic E-state index is 0.404. The summed E-state index contributed by atoms with van der Waals surface area (Å²) in [5.74, 6) is 1.06. The molecule has 1 rings (SSSR count). The standard InChI is InChI=1S/C12H24N4O/c1-4-7-16-12(14-10-15-16)9-11(13-3)6-8-17-5-2/h10-11,13H,4-9H2,1-3H3. The highest BCUT2D eigenvalue weighted by molar-refractivity contribution is 4.89. The monoisotopic (exact) mass is 240 g/mol. The third kappa shape index (κ3) is 4.83. The molecule has 1 unspecified atom stereocenters. The lowest BCUT2D eigenvalue weighted by molar-refractivity contribution is 0.136. The van der Waals surface area contributed by atoms with Crippen LogP contribution in [0.25, 0.3) is 0 Å². The summed E-state index contributed by atoms with van der Waals surface area (Å²) in [4.78, 5) is 4.32. The van der Waals surface area contributed by atoms with Gasteiger partial charge in [-0.05, 0) is 26.8 Å². The van der Waals surface area contributed by atoms with Crippen LogP contribution in [0.3, 0.4) is 0 Å². The Morgan fingerprint density at radius 2 is 2.29 bits per heavy atom. The van der Waals surface area contributed by atoms with Crippen LogP contribution < -0.4 is 5.32 Å². The van der Waals surface area contributed by atoms with Crippen LogP contribution in [0.15, 0.2) is 6.33 Å². The predicted molar refractivity (Wildman–Crippen MR) is 68.0 cm³/mol. The maximum Gasteiger partial charge on any atom is 0.138 e. The summed E-state index contributed by atoms with van der Waals surface area (Å²) < 4.78 is 7.37. The lowest BCUT2D eigenvalue weighted by Crippen LogP contribution is -2.30. The van der Waals surface area contributed by atoms with E-state index in [1.807, 2.05) is 18.7 Å². The van der Waals surface area contributed by atoms with Gasteiger partial charge in [0.25, 0.3) is 0 Å². The number of hydrogen-bond acceptors (Lipinski definition) is 4. The van der Waals surface area contributed by atoms with E-state index in [9.17, 15) is 0 Å². The van der Waals surface area contributed by atoms with Crippen LogP contribution >= 0.6 is 0 Å². The highest BCUT2D eigenvalue weighted by Crippen LogP contribution is 2.04. The average molecular weight is 240 g/mol. The summed E-state index contributed by atoms with van der Waals surface area (Å²) in [6.07, 6.45) is 4.63. The smallest absolute Gasteiger partial charge is 0.138 e. The summed E-state index contributed by atoms with van der Waals surface area (Å²) in [6, 6.07) is 0.404. The van der Waals surface area contributed by atoms with E-state index in [4.69, 9.17) is 4.74 Å². The predicted octanol–water partition coefficient (Wildman–Crippen LogP) is 1.25. The van der Waals surface area contributed by atoms with Gasteiger partial charge in [0.1, 0.15) is 12.2 Å². The van der Waals surface area contributed by atoms with Crippen LogP contribution in [0, 0.1) is 0 Å². The Balaban J connectivity index is 2.45. The largest absolute Gasteiger partial charge is 0.382 e. The fourth-order valence-corrected chi connectivity index (χ4v) is 1.78. The van der Waals surface area contributed by atoms with Crippen LogP contribution in [0.5, 0.6) is 0 Å². The molecule has 5 heteroatoms. The number of rotatable bonds is 9. The van der Waals surface area contributed by atoms with E-state index in [2.05, 4.69) is 22.3 Å². The molecule has 1 atom stereocenters. The van der Waals surface area contributed by atoms with E-state index < -0.39 is 0 Å². The molecular formula is C12H24N4O.